The van der Waals surface area contributed by atoms with Gasteiger partial charge in [-0.1, -0.05) is 0 Å². The SMILES string of the molecule is COc1ccsc1S(=O)(=O)N1CCC[C@@H](N2CCOCC2)C1. The number of piperidine rings is 1. The van der Waals surface area contributed by atoms with Crippen molar-refractivity contribution in [1.29, 1.82) is 0 Å². The lowest BCUT2D eigenvalue weighted by Crippen LogP contribution is -2.52. The molecule has 0 N–H and O–H groups in total. The summed E-state index contributed by atoms with van der Waals surface area (Å²) < 4.78 is 38.2. The lowest BCUT2D eigenvalue weighted by Gasteiger charge is -2.40. The molecule has 0 saturated carbocycles. The number of methoxy groups -OCH3 is 1. The third kappa shape index (κ3) is 3.16. The molecule has 1 aromatic rings. The van der Waals surface area contributed by atoms with Crippen LogP contribution in [0.3, 0.4) is 0 Å². The summed E-state index contributed by atoms with van der Waals surface area (Å²) in [5, 5.41) is 1.76. The van der Waals surface area contributed by atoms with Crippen molar-refractivity contribution in [2.75, 3.05) is 46.5 Å². The molecule has 0 aromatic carbocycles. The first-order valence-corrected chi connectivity index (χ1v) is 9.88. The van der Waals surface area contributed by atoms with Crippen LogP contribution in [-0.4, -0.2) is 70.2 Å². The summed E-state index contributed by atoms with van der Waals surface area (Å²) in [7, 11) is -1.96. The zero-order valence-electron chi connectivity index (χ0n) is 12.7. The van der Waals surface area contributed by atoms with E-state index < -0.39 is 10.0 Å². The van der Waals surface area contributed by atoms with Crippen molar-refractivity contribution in [3.63, 3.8) is 0 Å². The average molecular weight is 346 g/mol. The van der Waals surface area contributed by atoms with Gasteiger partial charge in [0.2, 0.25) is 0 Å². The quantitative estimate of drug-likeness (QED) is 0.821. The Bertz CT molecular complexity index is 596. The Morgan fingerprint density at radius 1 is 1.32 bits per heavy atom. The van der Waals surface area contributed by atoms with Crippen molar-refractivity contribution in [3.05, 3.63) is 11.4 Å². The summed E-state index contributed by atoms with van der Waals surface area (Å²) in [5.41, 5.74) is 0. The van der Waals surface area contributed by atoms with Gasteiger partial charge in [-0.15, -0.1) is 11.3 Å². The smallest absolute Gasteiger partial charge is 0.256 e. The van der Waals surface area contributed by atoms with Gasteiger partial charge in [-0.25, -0.2) is 8.42 Å². The highest BCUT2D eigenvalue weighted by Crippen LogP contribution is 2.33. The fraction of sp³-hybridized carbons (Fsp3) is 0.714. The number of nitrogens with zero attached hydrogens (tertiary/aromatic N) is 2. The van der Waals surface area contributed by atoms with Gasteiger partial charge in [-0.2, -0.15) is 4.31 Å². The van der Waals surface area contributed by atoms with Gasteiger partial charge < -0.3 is 9.47 Å². The van der Waals surface area contributed by atoms with E-state index in [4.69, 9.17) is 9.47 Å². The number of morpholine rings is 1. The topological polar surface area (TPSA) is 59.1 Å². The standard InChI is InChI=1S/C14H22N2O4S2/c1-19-13-4-10-21-14(13)22(17,18)16-5-2-3-12(11-16)15-6-8-20-9-7-15/h4,10,12H,2-3,5-9,11H2,1H3/t12-/m1/s1. The minimum atomic E-state index is -3.46. The number of ether oxygens (including phenoxy) is 2. The van der Waals surface area contributed by atoms with Crippen LogP contribution >= 0.6 is 11.3 Å². The molecule has 124 valence electrons. The van der Waals surface area contributed by atoms with Crippen LogP contribution in [-0.2, 0) is 14.8 Å². The molecule has 22 heavy (non-hydrogen) atoms. The summed E-state index contributed by atoms with van der Waals surface area (Å²) in [6, 6.07) is 2.00. The van der Waals surface area contributed by atoms with Gasteiger partial charge >= 0.3 is 0 Å². The lowest BCUT2D eigenvalue weighted by atomic mass is 10.1. The van der Waals surface area contributed by atoms with Crippen LogP contribution in [0.5, 0.6) is 5.75 Å². The normalized spacial score (nSPS) is 25.2. The van der Waals surface area contributed by atoms with Crippen LogP contribution < -0.4 is 4.74 Å². The van der Waals surface area contributed by atoms with Gasteiger partial charge in [-0.05, 0) is 24.3 Å². The van der Waals surface area contributed by atoms with Gasteiger partial charge in [0.05, 0.1) is 20.3 Å². The summed E-state index contributed by atoms with van der Waals surface area (Å²) in [6.45, 7) is 4.40. The molecule has 8 heteroatoms. The first-order valence-electron chi connectivity index (χ1n) is 7.56. The van der Waals surface area contributed by atoms with Crippen LogP contribution in [0.1, 0.15) is 12.8 Å². The summed E-state index contributed by atoms with van der Waals surface area (Å²) in [5.74, 6) is 0.443. The summed E-state index contributed by atoms with van der Waals surface area (Å²) >= 11 is 1.22. The van der Waals surface area contributed by atoms with Gasteiger partial charge in [0.1, 0.15) is 5.75 Å². The molecule has 2 fully saturated rings. The molecular weight excluding hydrogens is 324 g/mol. The minimum Gasteiger partial charge on any atom is -0.494 e. The molecule has 0 bridgehead atoms. The molecule has 3 heterocycles. The van der Waals surface area contributed by atoms with Crippen molar-refractivity contribution in [3.8, 4) is 5.75 Å². The second kappa shape index (κ2) is 6.84. The molecule has 0 spiro atoms. The van der Waals surface area contributed by atoms with Crippen molar-refractivity contribution in [1.82, 2.24) is 9.21 Å². The van der Waals surface area contributed by atoms with E-state index >= 15 is 0 Å². The minimum absolute atomic E-state index is 0.290. The summed E-state index contributed by atoms with van der Waals surface area (Å²) in [6.07, 6.45) is 1.95. The molecular formula is C14H22N2O4S2. The molecule has 2 aliphatic heterocycles. The van der Waals surface area contributed by atoms with Crippen molar-refractivity contribution >= 4 is 21.4 Å². The molecule has 1 aromatic heterocycles. The zero-order chi connectivity index (χ0) is 15.6. The Labute approximate surface area is 135 Å². The Hall–Kier alpha value is -0.670. The first kappa shape index (κ1) is 16.2. The van der Waals surface area contributed by atoms with E-state index in [2.05, 4.69) is 4.90 Å². The average Bonchev–Trinajstić information content (AvgIpc) is 3.05. The molecule has 2 saturated heterocycles. The molecule has 0 radical (unpaired) electrons. The zero-order valence-corrected chi connectivity index (χ0v) is 14.4. The van der Waals surface area contributed by atoms with Crippen molar-refractivity contribution in [2.24, 2.45) is 0 Å². The highest BCUT2D eigenvalue weighted by molar-refractivity contribution is 7.91. The van der Waals surface area contributed by atoms with E-state index in [9.17, 15) is 8.42 Å². The number of hydrogen-bond donors (Lipinski definition) is 0. The van der Waals surface area contributed by atoms with E-state index in [0.717, 1.165) is 39.1 Å². The molecule has 0 amide bonds. The van der Waals surface area contributed by atoms with Crippen LogP contribution in [0.2, 0.25) is 0 Å². The van der Waals surface area contributed by atoms with Gasteiger partial charge in [0.25, 0.3) is 10.0 Å². The second-order valence-corrected chi connectivity index (χ2v) is 8.63. The lowest BCUT2D eigenvalue weighted by molar-refractivity contribution is 0.00538. The Balaban J connectivity index is 1.76. The van der Waals surface area contributed by atoms with E-state index in [0.29, 0.717) is 29.1 Å². The van der Waals surface area contributed by atoms with Gasteiger partial charge in [0.15, 0.2) is 4.21 Å². The van der Waals surface area contributed by atoms with Crippen molar-refractivity contribution < 1.29 is 17.9 Å². The number of thiophene rings is 1. The fourth-order valence-electron chi connectivity index (χ4n) is 3.12. The molecule has 1 atom stereocenters. The molecule has 3 rings (SSSR count). The molecule has 0 unspecified atom stereocenters. The molecule has 0 aliphatic carbocycles. The van der Waals surface area contributed by atoms with Crippen LogP contribution in [0.25, 0.3) is 0 Å². The third-order valence-corrected chi connectivity index (χ3v) is 7.60. The highest BCUT2D eigenvalue weighted by atomic mass is 32.2. The van der Waals surface area contributed by atoms with Crippen LogP contribution in [0, 0.1) is 0 Å². The predicted octanol–water partition coefficient (Wildman–Crippen LogP) is 1.24. The van der Waals surface area contributed by atoms with E-state index in [-0.39, 0.29) is 0 Å². The van der Waals surface area contributed by atoms with E-state index in [1.54, 1.807) is 15.8 Å². The maximum Gasteiger partial charge on any atom is 0.256 e. The monoisotopic (exact) mass is 346 g/mol. The van der Waals surface area contributed by atoms with E-state index in [1.165, 1.54) is 18.4 Å². The first-order chi connectivity index (χ1) is 10.6. The van der Waals surface area contributed by atoms with E-state index in [1.807, 2.05) is 0 Å². The van der Waals surface area contributed by atoms with Gasteiger partial charge in [0, 0.05) is 32.2 Å². The van der Waals surface area contributed by atoms with Crippen LogP contribution in [0.4, 0.5) is 0 Å². The maximum atomic E-state index is 12.9. The van der Waals surface area contributed by atoms with Crippen molar-refractivity contribution in [2.45, 2.75) is 23.1 Å². The number of rotatable bonds is 4. The Kier molecular flexibility index (Phi) is 5.03. The van der Waals surface area contributed by atoms with Crippen LogP contribution in [0.15, 0.2) is 15.7 Å². The molecule has 6 nitrogen and oxygen atoms in total. The Morgan fingerprint density at radius 3 is 2.82 bits per heavy atom. The largest absolute Gasteiger partial charge is 0.494 e. The second-order valence-electron chi connectivity index (χ2n) is 5.58. The predicted molar refractivity (Wildman–Crippen MR) is 85.0 cm³/mol. The fourth-order valence-corrected chi connectivity index (χ4v) is 6.05. The summed E-state index contributed by atoms with van der Waals surface area (Å²) in [4.78, 5) is 2.36. The van der Waals surface area contributed by atoms with Gasteiger partial charge in [-0.3, -0.25) is 4.90 Å². The Morgan fingerprint density at radius 2 is 2.09 bits per heavy atom. The molecule has 2 aliphatic rings. The maximum absolute atomic E-state index is 12.9. The highest BCUT2D eigenvalue weighted by Gasteiger charge is 2.35. The number of hydrogen-bond acceptors (Lipinski definition) is 6. The third-order valence-electron chi connectivity index (χ3n) is 4.31. The number of sulfonamides is 1.